The largest absolute Gasteiger partial charge is 0.213 e. The quantitative estimate of drug-likeness (QED) is 0.461. The molecule has 3 rings (SSSR count). The number of rotatable bonds is 0. The maximum Gasteiger partial charge on any atom is 0.213 e. The molecule has 1 aliphatic rings. The molecule has 0 aliphatic carbocycles. The highest BCUT2D eigenvalue weighted by Gasteiger charge is 2.23. The highest BCUT2D eigenvalue weighted by molar-refractivity contribution is 5.62. The molecule has 1 heteroatoms. The van der Waals surface area contributed by atoms with Crippen molar-refractivity contribution in [3.63, 3.8) is 0 Å². The highest BCUT2D eigenvalue weighted by Crippen LogP contribution is 2.24. The lowest BCUT2D eigenvalue weighted by Gasteiger charge is -1.90. The minimum Gasteiger partial charge on any atom is -0.194 e. The topological polar surface area (TPSA) is 3.88 Å². The molecule has 0 saturated heterocycles. The Labute approximate surface area is 88.5 Å². The van der Waals surface area contributed by atoms with Crippen molar-refractivity contribution in [2.24, 2.45) is 0 Å². The summed E-state index contributed by atoms with van der Waals surface area (Å²) in [6.07, 6.45) is -0.265. The van der Waals surface area contributed by atoms with Gasteiger partial charge in [-0.25, -0.2) is 0 Å². The third-order valence-electron chi connectivity index (χ3n) is 2.02. The summed E-state index contributed by atoms with van der Waals surface area (Å²) >= 11 is 0. The van der Waals surface area contributed by atoms with Gasteiger partial charge < -0.3 is 0 Å². The van der Waals surface area contributed by atoms with E-state index in [1.165, 1.54) is 4.57 Å². The van der Waals surface area contributed by atoms with Gasteiger partial charge in [0.05, 0.1) is 15.2 Å². The second-order valence-corrected chi connectivity index (χ2v) is 2.78. The van der Waals surface area contributed by atoms with E-state index in [-0.39, 0.29) is 54.2 Å². The Hall–Kier alpha value is -1.63. The molecule has 0 spiro atoms. The van der Waals surface area contributed by atoms with E-state index in [0.29, 0.717) is 5.56 Å². The van der Waals surface area contributed by atoms with Crippen molar-refractivity contribution in [1.82, 2.24) is 0 Å². The van der Waals surface area contributed by atoms with Crippen molar-refractivity contribution in [2.75, 3.05) is 0 Å². The molecule has 0 atom stereocenters. The Morgan fingerprint density at radius 3 is 2.92 bits per heavy atom. The van der Waals surface area contributed by atoms with Gasteiger partial charge in [0.25, 0.3) is 0 Å². The second-order valence-electron chi connectivity index (χ2n) is 2.78. The number of benzene rings is 1. The first-order chi connectivity index (χ1) is 9.77. The minimum atomic E-state index is -0.411. The van der Waals surface area contributed by atoms with Crippen molar-refractivity contribution in [3.8, 4) is 11.3 Å². The van der Waals surface area contributed by atoms with Crippen LogP contribution in [0.1, 0.15) is 16.5 Å². The normalized spacial score (nSPS) is 20.9. The molecule has 0 radical (unpaired) electrons. The zero-order chi connectivity index (χ0) is 15.6. The monoisotopic (exact) mass is 176 g/mol. The number of pyridine rings is 1. The SMILES string of the molecule is [2H]c1c([2H])c([2H])c2c(c1[2H])C[n+]1c([2H])c([2H])c([2H])c([2H])c1-2. The molecular weight excluding hydrogens is 158 g/mol. The number of fused-ring (bicyclic) bond motifs is 3. The second kappa shape index (κ2) is 2.43. The summed E-state index contributed by atoms with van der Waals surface area (Å²) in [6.45, 7) is 0.0123. The van der Waals surface area contributed by atoms with Gasteiger partial charge in [0.15, 0.2) is 12.7 Å². The van der Waals surface area contributed by atoms with Crippen molar-refractivity contribution in [2.45, 2.75) is 6.54 Å². The summed E-state index contributed by atoms with van der Waals surface area (Å²) in [5.74, 6) is 0. The lowest BCUT2D eigenvalue weighted by atomic mass is 10.1. The lowest BCUT2D eigenvalue weighted by Crippen LogP contribution is -2.31. The molecule has 1 nitrogen and oxygen atoms in total. The molecule has 2 aromatic rings. The Morgan fingerprint density at radius 1 is 1.08 bits per heavy atom. The fourth-order valence-electron chi connectivity index (χ4n) is 1.44. The predicted octanol–water partition coefficient (Wildman–Crippen LogP) is 2.00. The first kappa shape index (κ1) is 2.68. The van der Waals surface area contributed by atoms with E-state index in [1.54, 1.807) is 0 Å². The number of nitrogens with zero attached hydrogens (tertiary/aromatic N) is 1. The van der Waals surface area contributed by atoms with Gasteiger partial charge in [0, 0.05) is 17.6 Å². The Bertz CT molecular complexity index is 747. The fourth-order valence-corrected chi connectivity index (χ4v) is 1.44. The first-order valence-corrected chi connectivity index (χ1v) is 3.87. The van der Waals surface area contributed by atoms with Crippen molar-refractivity contribution >= 4 is 0 Å². The van der Waals surface area contributed by atoms with E-state index < -0.39 is 12.1 Å². The van der Waals surface area contributed by atoms with Gasteiger partial charge in [-0.1, -0.05) is 18.1 Å². The van der Waals surface area contributed by atoms with Gasteiger partial charge in [-0.15, -0.1) is 0 Å². The summed E-state index contributed by atoms with van der Waals surface area (Å²) < 4.78 is 63.8. The van der Waals surface area contributed by atoms with E-state index >= 15 is 0 Å². The maximum atomic E-state index is 7.98. The third-order valence-corrected chi connectivity index (χ3v) is 2.02. The summed E-state index contributed by atoms with van der Waals surface area (Å²) in [6, 6.07) is -2.33. The van der Waals surface area contributed by atoms with Gasteiger partial charge in [-0.3, -0.25) is 0 Å². The molecule has 13 heavy (non-hydrogen) atoms. The average Bonchev–Trinajstić information content (AvgIpc) is 2.87. The molecule has 0 bridgehead atoms. The van der Waals surface area contributed by atoms with Crippen LogP contribution in [0, 0.1) is 0 Å². The fraction of sp³-hybridized carbons (Fsp3) is 0.0833. The van der Waals surface area contributed by atoms with Gasteiger partial charge >= 0.3 is 0 Å². The first-order valence-electron chi connectivity index (χ1n) is 7.87. The number of hydrogen-bond donors (Lipinski definition) is 0. The summed E-state index contributed by atoms with van der Waals surface area (Å²) in [5.41, 5.74) is 0.573. The van der Waals surface area contributed by atoms with Gasteiger partial charge in [-0.05, 0) is 12.1 Å². The van der Waals surface area contributed by atoms with Crippen LogP contribution < -0.4 is 4.57 Å². The molecule has 1 aromatic heterocycles. The van der Waals surface area contributed by atoms with Crippen LogP contribution in [0.25, 0.3) is 11.3 Å². The van der Waals surface area contributed by atoms with Crippen LogP contribution in [0.15, 0.2) is 48.5 Å². The van der Waals surface area contributed by atoms with E-state index in [9.17, 15) is 0 Å². The summed E-state index contributed by atoms with van der Waals surface area (Å²) in [4.78, 5) is 0. The van der Waals surface area contributed by atoms with Crippen LogP contribution >= 0.6 is 0 Å². The molecular formula is C12H10N+. The smallest absolute Gasteiger partial charge is 0.194 e. The third kappa shape index (κ3) is 0.903. The van der Waals surface area contributed by atoms with E-state index in [2.05, 4.69) is 0 Å². The predicted molar refractivity (Wildman–Crippen MR) is 51.2 cm³/mol. The van der Waals surface area contributed by atoms with Crippen LogP contribution in [-0.4, -0.2) is 0 Å². The summed E-state index contributed by atoms with van der Waals surface area (Å²) in [7, 11) is 0. The lowest BCUT2D eigenvalue weighted by molar-refractivity contribution is -0.672. The van der Waals surface area contributed by atoms with Crippen molar-refractivity contribution in [1.29, 1.82) is 0 Å². The van der Waals surface area contributed by atoms with Crippen molar-refractivity contribution in [3.05, 3.63) is 54.0 Å². The van der Waals surface area contributed by atoms with E-state index in [4.69, 9.17) is 11.0 Å². The zero-order valence-corrected chi connectivity index (χ0v) is 6.65. The van der Waals surface area contributed by atoms with Crippen LogP contribution in [0.3, 0.4) is 0 Å². The number of aromatic nitrogens is 1. The molecule has 0 amide bonds. The highest BCUT2D eigenvalue weighted by atomic mass is 15.0. The average molecular weight is 176 g/mol. The molecule has 0 N–H and O–H groups in total. The zero-order valence-electron chi connectivity index (χ0n) is 14.7. The van der Waals surface area contributed by atoms with Crippen LogP contribution in [-0.2, 0) is 6.54 Å². The maximum absolute atomic E-state index is 7.98. The number of hydrogen-bond acceptors (Lipinski definition) is 0. The molecule has 1 aliphatic heterocycles. The molecule has 62 valence electrons. The van der Waals surface area contributed by atoms with Gasteiger partial charge in [-0.2, -0.15) is 4.57 Å². The van der Waals surface area contributed by atoms with Gasteiger partial charge in [0.1, 0.15) is 1.37 Å². The molecule has 0 unspecified atom stereocenters. The molecule has 0 fully saturated rings. The minimum absolute atomic E-state index is 0.0123. The summed E-state index contributed by atoms with van der Waals surface area (Å²) in [5, 5.41) is 0. The van der Waals surface area contributed by atoms with E-state index in [0.717, 1.165) is 0 Å². The Morgan fingerprint density at radius 2 is 1.92 bits per heavy atom. The Balaban J connectivity index is 2.49. The van der Waals surface area contributed by atoms with Gasteiger partial charge in [0.2, 0.25) is 5.69 Å². The van der Waals surface area contributed by atoms with E-state index in [1.807, 2.05) is 0 Å². The van der Waals surface area contributed by atoms with Crippen molar-refractivity contribution < 1.29 is 15.5 Å². The molecule has 0 saturated carbocycles. The molecule has 1 aromatic carbocycles. The standard InChI is InChI=1S/C12H10N/c1-2-6-11-10(5-1)9-13-8-4-3-7-12(11)13/h1-8H,9H2/q+1/i1D,2D,3D,4D,5D,6D,7D,8D. The van der Waals surface area contributed by atoms with Crippen LogP contribution in [0.5, 0.6) is 0 Å². The van der Waals surface area contributed by atoms with Crippen LogP contribution in [0.4, 0.5) is 0 Å². The van der Waals surface area contributed by atoms with Crippen LogP contribution in [0.2, 0.25) is 0 Å². The Kier molecular flexibility index (Phi) is 0.500. The molecule has 2 heterocycles.